The molecule has 2 fully saturated rings. The molecule has 4 rings (SSSR count). The lowest BCUT2D eigenvalue weighted by atomic mass is 9.94. The first-order valence-corrected chi connectivity index (χ1v) is 10.1. The Morgan fingerprint density at radius 1 is 1.04 bits per heavy atom. The Bertz CT molecular complexity index is 784. The van der Waals surface area contributed by atoms with E-state index in [-0.39, 0.29) is 11.7 Å². The molecule has 27 heavy (non-hydrogen) atoms. The number of H-pyrrole nitrogens is 1. The summed E-state index contributed by atoms with van der Waals surface area (Å²) >= 11 is 0. The van der Waals surface area contributed by atoms with E-state index in [9.17, 15) is 9.18 Å². The van der Waals surface area contributed by atoms with Gasteiger partial charge in [0.15, 0.2) is 0 Å². The zero-order valence-corrected chi connectivity index (χ0v) is 16.0. The fourth-order valence-corrected chi connectivity index (χ4v) is 4.47. The fourth-order valence-electron chi connectivity index (χ4n) is 4.47. The number of aromatic nitrogens is 1. The highest BCUT2D eigenvalue weighted by atomic mass is 19.1. The Hall–Kier alpha value is -2.14. The number of rotatable bonds is 3. The predicted molar refractivity (Wildman–Crippen MR) is 105 cm³/mol. The van der Waals surface area contributed by atoms with E-state index in [0.29, 0.717) is 0 Å². The van der Waals surface area contributed by atoms with Gasteiger partial charge in [0.05, 0.1) is 5.56 Å². The SMILES string of the molecule is Cc1[nH]c(-c2ccc(F)cc2)cc1C(=O)N1CCN(C2CCCCC2)CC1. The lowest BCUT2D eigenvalue weighted by Crippen LogP contribution is -2.52. The number of hydrogen-bond donors (Lipinski definition) is 1. The Balaban J connectivity index is 1.42. The molecule has 1 aromatic carbocycles. The van der Waals surface area contributed by atoms with E-state index in [4.69, 9.17) is 0 Å². The van der Waals surface area contributed by atoms with Crippen LogP contribution in [0.5, 0.6) is 0 Å². The van der Waals surface area contributed by atoms with Gasteiger partial charge in [0, 0.05) is 43.6 Å². The van der Waals surface area contributed by atoms with Gasteiger partial charge in [-0.3, -0.25) is 9.69 Å². The van der Waals surface area contributed by atoms with Gasteiger partial charge in [-0.2, -0.15) is 0 Å². The molecule has 1 N–H and O–H groups in total. The van der Waals surface area contributed by atoms with Crippen molar-refractivity contribution in [1.29, 1.82) is 0 Å². The molecule has 2 aromatic rings. The van der Waals surface area contributed by atoms with Crippen molar-refractivity contribution < 1.29 is 9.18 Å². The Labute approximate surface area is 160 Å². The molecule has 144 valence electrons. The summed E-state index contributed by atoms with van der Waals surface area (Å²) in [7, 11) is 0. The van der Waals surface area contributed by atoms with Gasteiger partial charge in [-0.1, -0.05) is 19.3 Å². The minimum absolute atomic E-state index is 0.0976. The average Bonchev–Trinajstić information content (AvgIpc) is 3.10. The fraction of sp³-hybridized carbons (Fsp3) is 0.500. The number of carbonyl (C=O) groups excluding carboxylic acids is 1. The van der Waals surface area contributed by atoms with Crippen LogP contribution in [0.1, 0.15) is 48.2 Å². The molecule has 1 saturated carbocycles. The third-order valence-corrected chi connectivity index (χ3v) is 6.09. The van der Waals surface area contributed by atoms with Crippen LogP contribution in [-0.4, -0.2) is 52.9 Å². The van der Waals surface area contributed by atoms with Crippen LogP contribution in [0.25, 0.3) is 11.3 Å². The number of aromatic amines is 1. The molecular formula is C22H28FN3O. The van der Waals surface area contributed by atoms with Crippen LogP contribution >= 0.6 is 0 Å². The largest absolute Gasteiger partial charge is 0.358 e. The number of carbonyl (C=O) groups is 1. The van der Waals surface area contributed by atoms with Gasteiger partial charge in [-0.05, 0) is 55.7 Å². The highest BCUT2D eigenvalue weighted by Crippen LogP contribution is 2.26. The second-order valence-corrected chi connectivity index (χ2v) is 7.85. The molecule has 1 aliphatic carbocycles. The van der Waals surface area contributed by atoms with Crippen LogP contribution in [0.4, 0.5) is 4.39 Å². The molecule has 0 spiro atoms. The molecule has 0 atom stereocenters. The van der Waals surface area contributed by atoms with Gasteiger partial charge in [0.25, 0.3) is 5.91 Å². The highest BCUT2D eigenvalue weighted by Gasteiger charge is 2.28. The maximum absolute atomic E-state index is 13.1. The quantitative estimate of drug-likeness (QED) is 0.880. The summed E-state index contributed by atoms with van der Waals surface area (Å²) < 4.78 is 13.1. The smallest absolute Gasteiger partial charge is 0.255 e. The molecule has 1 aromatic heterocycles. The van der Waals surface area contributed by atoms with Crippen molar-refractivity contribution in [1.82, 2.24) is 14.8 Å². The Kier molecular flexibility index (Phi) is 5.30. The Morgan fingerprint density at radius 3 is 2.37 bits per heavy atom. The van der Waals surface area contributed by atoms with Gasteiger partial charge in [0.1, 0.15) is 5.82 Å². The maximum atomic E-state index is 13.1. The van der Waals surface area contributed by atoms with E-state index >= 15 is 0 Å². The van der Waals surface area contributed by atoms with Crippen molar-refractivity contribution in [3.63, 3.8) is 0 Å². The van der Waals surface area contributed by atoms with Crippen LogP contribution in [0.3, 0.4) is 0 Å². The summed E-state index contributed by atoms with van der Waals surface area (Å²) in [6.45, 7) is 5.48. The molecule has 0 bridgehead atoms. The molecule has 1 amide bonds. The van der Waals surface area contributed by atoms with Crippen molar-refractivity contribution in [3.05, 3.63) is 47.4 Å². The summed E-state index contributed by atoms with van der Waals surface area (Å²) in [6, 6.07) is 8.97. The molecule has 1 aliphatic heterocycles. The first kappa shape index (κ1) is 18.2. The number of nitrogens with zero attached hydrogens (tertiary/aromatic N) is 2. The third kappa shape index (κ3) is 3.93. The molecule has 1 saturated heterocycles. The number of piperazine rings is 1. The first-order valence-electron chi connectivity index (χ1n) is 10.1. The number of aryl methyl sites for hydroxylation is 1. The Morgan fingerprint density at radius 2 is 1.70 bits per heavy atom. The number of halogens is 1. The van der Waals surface area contributed by atoms with Crippen LogP contribution in [0, 0.1) is 12.7 Å². The van der Waals surface area contributed by atoms with E-state index < -0.39 is 0 Å². The van der Waals surface area contributed by atoms with Crippen molar-refractivity contribution in [3.8, 4) is 11.3 Å². The number of benzene rings is 1. The van der Waals surface area contributed by atoms with E-state index in [0.717, 1.165) is 54.7 Å². The second kappa shape index (κ2) is 7.85. The maximum Gasteiger partial charge on any atom is 0.255 e. The topological polar surface area (TPSA) is 39.3 Å². The monoisotopic (exact) mass is 369 g/mol. The van der Waals surface area contributed by atoms with Crippen molar-refractivity contribution in [2.75, 3.05) is 26.2 Å². The normalized spacial score (nSPS) is 19.4. The van der Waals surface area contributed by atoms with Crippen LogP contribution in [0.15, 0.2) is 30.3 Å². The van der Waals surface area contributed by atoms with Crippen molar-refractivity contribution >= 4 is 5.91 Å². The number of hydrogen-bond acceptors (Lipinski definition) is 2. The van der Waals surface area contributed by atoms with Crippen molar-refractivity contribution in [2.24, 2.45) is 0 Å². The zero-order chi connectivity index (χ0) is 18.8. The molecule has 0 radical (unpaired) electrons. The summed E-state index contributed by atoms with van der Waals surface area (Å²) in [5.74, 6) is -0.158. The summed E-state index contributed by atoms with van der Waals surface area (Å²) in [5, 5.41) is 0. The van der Waals surface area contributed by atoms with Gasteiger partial charge < -0.3 is 9.88 Å². The minimum atomic E-state index is -0.255. The highest BCUT2D eigenvalue weighted by molar-refractivity contribution is 5.96. The van der Waals surface area contributed by atoms with Crippen LogP contribution in [0.2, 0.25) is 0 Å². The summed E-state index contributed by atoms with van der Waals surface area (Å²) in [6.07, 6.45) is 6.69. The van der Waals surface area contributed by atoms with Crippen molar-refractivity contribution in [2.45, 2.75) is 45.1 Å². The second-order valence-electron chi connectivity index (χ2n) is 7.85. The molecular weight excluding hydrogens is 341 g/mol. The lowest BCUT2D eigenvalue weighted by molar-refractivity contribution is 0.0523. The lowest BCUT2D eigenvalue weighted by Gasteiger charge is -2.40. The average molecular weight is 369 g/mol. The molecule has 0 unspecified atom stereocenters. The minimum Gasteiger partial charge on any atom is -0.358 e. The standard InChI is InChI=1S/C22H28FN3O/c1-16-20(15-21(24-16)17-7-9-18(23)10-8-17)22(27)26-13-11-25(12-14-26)19-5-3-2-4-6-19/h7-10,15,19,24H,2-6,11-14H2,1H3. The van der Waals surface area contributed by atoms with Crippen LogP contribution < -0.4 is 0 Å². The molecule has 5 heteroatoms. The summed E-state index contributed by atoms with van der Waals surface area (Å²) in [4.78, 5) is 20.9. The molecule has 2 heterocycles. The van der Waals surface area contributed by atoms with Crippen LogP contribution in [-0.2, 0) is 0 Å². The zero-order valence-electron chi connectivity index (χ0n) is 16.0. The van der Waals surface area contributed by atoms with E-state index in [1.807, 2.05) is 17.9 Å². The van der Waals surface area contributed by atoms with Gasteiger partial charge in [0.2, 0.25) is 0 Å². The summed E-state index contributed by atoms with van der Waals surface area (Å²) in [5.41, 5.74) is 3.34. The molecule has 2 aliphatic rings. The van der Waals surface area contributed by atoms with Gasteiger partial charge in [-0.15, -0.1) is 0 Å². The molecule has 4 nitrogen and oxygen atoms in total. The predicted octanol–water partition coefficient (Wildman–Crippen LogP) is 4.22. The van der Waals surface area contributed by atoms with Gasteiger partial charge >= 0.3 is 0 Å². The first-order chi connectivity index (χ1) is 13.1. The number of nitrogens with one attached hydrogen (secondary N) is 1. The van der Waals surface area contributed by atoms with E-state index in [2.05, 4.69) is 9.88 Å². The third-order valence-electron chi connectivity index (χ3n) is 6.09. The van der Waals surface area contributed by atoms with E-state index in [1.165, 1.54) is 44.2 Å². The van der Waals surface area contributed by atoms with E-state index in [1.54, 1.807) is 12.1 Å². The number of amides is 1. The van der Waals surface area contributed by atoms with Gasteiger partial charge in [-0.25, -0.2) is 4.39 Å².